The van der Waals surface area contributed by atoms with Gasteiger partial charge in [-0.15, -0.1) is 0 Å². The summed E-state index contributed by atoms with van der Waals surface area (Å²) in [6, 6.07) is 9.11. The maximum atomic E-state index is 10.9. The Hall–Kier alpha value is -1.65. The van der Waals surface area contributed by atoms with E-state index in [4.69, 9.17) is 4.74 Å². The van der Waals surface area contributed by atoms with Crippen molar-refractivity contribution in [1.82, 2.24) is 0 Å². The van der Waals surface area contributed by atoms with Crippen LogP contribution in [0, 0.1) is 0 Å². The van der Waals surface area contributed by atoms with Gasteiger partial charge >= 0.3 is 5.97 Å². The second-order valence-electron chi connectivity index (χ2n) is 3.44. The zero-order valence-electron chi connectivity index (χ0n) is 9.87. The van der Waals surface area contributed by atoms with E-state index in [1.807, 2.05) is 18.2 Å². The van der Waals surface area contributed by atoms with Crippen LogP contribution < -0.4 is 0 Å². The van der Waals surface area contributed by atoms with Crippen LogP contribution in [0.25, 0.3) is 0 Å². The monoisotopic (exact) mass is 236 g/mol. The van der Waals surface area contributed by atoms with Crippen molar-refractivity contribution in [2.75, 3.05) is 14.2 Å². The first kappa shape index (κ1) is 13.4. The number of benzene rings is 1. The standard InChI is InChI=1S/C13H16O4/c1-16-11(8-9-12(14)17-2)13(15)10-6-4-3-5-7-10/h3-9,11,13,15H,1-2H3/b9-8+/t11-,13-/m1/s1. The Balaban J connectivity index is 2.74. The summed E-state index contributed by atoms with van der Waals surface area (Å²) in [6.45, 7) is 0. The minimum atomic E-state index is -0.817. The zero-order valence-corrected chi connectivity index (χ0v) is 9.87. The van der Waals surface area contributed by atoms with Gasteiger partial charge in [-0.25, -0.2) is 4.79 Å². The van der Waals surface area contributed by atoms with Gasteiger partial charge in [0, 0.05) is 13.2 Å². The zero-order chi connectivity index (χ0) is 12.7. The molecule has 1 rings (SSSR count). The highest BCUT2D eigenvalue weighted by atomic mass is 16.5. The number of aliphatic hydroxyl groups is 1. The smallest absolute Gasteiger partial charge is 0.330 e. The van der Waals surface area contributed by atoms with Crippen molar-refractivity contribution < 1.29 is 19.4 Å². The lowest BCUT2D eigenvalue weighted by Gasteiger charge is -2.18. The van der Waals surface area contributed by atoms with Crippen LogP contribution in [0.1, 0.15) is 11.7 Å². The second kappa shape index (κ2) is 6.83. The van der Waals surface area contributed by atoms with Gasteiger partial charge in [-0.2, -0.15) is 0 Å². The highest BCUT2D eigenvalue weighted by molar-refractivity contribution is 5.81. The molecule has 0 amide bonds. The Bertz CT molecular complexity index is 372. The fourth-order valence-corrected chi connectivity index (χ4v) is 1.39. The third kappa shape index (κ3) is 4.01. The number of carbonyl (C=O) groups is 1. The number of ether oxygens (including phenoxy) is 2. The molecule has 0 bridgehead atoms. The third-order valence-corrected chi connectivity index (χ3v) is 2.35. The van der Waals surface area contributed by atoms with E-state index in [1.54, 1.807) is 12.1 Å². The maximum Gasteiger partial charge on any atom is 0.330 e. The van der Waals surface area contributed by atoms with Crippen LogP contribution in [0.2, 0.25) is 0 Å². The number of hydrogen-bond donors (Lipinski definition) is 1. The Morgan fingerprint density at radius 1 is 1.29 bits per heavy atom. The van der Waals surface area contributed by atoms with Crippen LogP contribution in [0.3, 0.4) is 0 Å². The average molecular weight is 236 g/mol. The molecule has 0 aliphatic heterocycles. The van der Waals surface area contributed by atoms with E-state index in [0.29, 0.717) is 0 Å². The summed E-state index contributed by atoms with van der Waals surface area (Å²) in [7, 11) is 2.76. The Morgan fingerprint density at radius 3 is 2.47 bits per heavy atom. The Kier molecular flexibility index (Phi) is 5.39. The quantitative estimate of drug-likeness (QED) is 0.621. The molecule has 0 fully saturated rings. The summed E-state index contributed by atoms with van der Waals surface area (Å²) in [6.07, 6.45) is 1.31. The van der Waals surface area contributed by atoms with Crippen molar-refractivity contribution in [3.8, 4) is 0 Å². The topological polar surface area (TPSA) is 55.8 Å². The van der Waals surface area contributed by atoms with E-state index in [9.17, 15) is 9.90 Å². The summed E-state index contributed by atoms with van der Waals surface area (Å²) in [5, 5.41) is 10.0. The van der Waals surface area contributed by atoms with Crippen molar-refractivity contribution in [1.29, 1.82) is 0 Å². The summed E-state index contributed by atoms with van der Waals surface area (Å²) in [5.74, 6) is -0.479. The molecule has 0 aliphatic rings. The summed E-state index contributed by atoms with van der Waals surface area (Å²) < 4.78 is 9.58. The van der Waals surface area contributed by atoms with Gasteiger partial charge in [-0.3, -0.25) is 0 Å². The molecule has 1 aromatic rings. The van der Waals surface area contributed by atoms with Crippen LogP contribution in [0.5, 0.6) is 0 Å². The molecular weight excluding hydrogens is 220 g/mol. The predicted molar refractivity (Wildman–Crippen MR) is 63.4 cm³/mol. The minimum Gasteiger partial charge on any atom is -0.466 e. The highest BCUT2D eigenvalue weighted by Crippen LogP contribution is 2.19. The SMILES string of the molecule is COC(=O)/C=C/[C@@H](OC)[C@H](O)c1ccccc1. The molecule has 4 heteroatoms. The molecule has 0 aromatic heterocycles. The Labute approximate surface area is 100 Å². The molecule has 0 unspecified atom stereocenters. The van der Waals surface area contributed by atoms with Gasteiger partial charge in [-0.05, 0) is 11.6 Å². The summed E-state index contributed by atoms with van der Waals surface area (Å²) in [4.78, 5) is 10.9. The highest BCUT2D eigenvalue weighted by Gasteiger charge is 2.17. The summed E-state index contributed by atoms with van der Waals surface area (Å²) in [5.41, 5.74) is 0.730. The number of methoxy groups -OCH3 is 2. The molecular formula is C13H16O4. The van der Waals surface area contributed by atoms with Gasteiger partial charge in [0.1, 0.15) is 12.2 Å². The second-order valence-corrected chi connectivity index (χ2v) is 3.44. The molecule has 0 radical (unpaired) electrons. The fraction of sp³-hybridized carbons (Fsp3) is 0.308. The van der Waals surface area contributed by atoms with E-state index in [2.05, 4.69) is 4.74 Å². The molecule has 17 heavy (non-hydrogen) atoms. The van der Waals surface area contributed by atoms with Gasteiger partial charge < -0.3 is 14.6 Å². The van der Waals surface area contributed by atoms with Crippen molar-refractivity contribution in [2.24, 2.45) is 0 Å². The van der Waals surface area contributed by atoms with Gasteiger partial charge in [0.25, 0.3) is 0 Å². The van der Waals surface area contributed by atoms with Crippen LogP contribution >= 0.6 is 0 Å². The predicted octanol–water partition coefficient (Wildman–Crippen LogP) is 1.46. The molecule has 0 aliphatic carbocycles. The van der Waals surface area contributed by atoms with Crippen molar-refractivity contribution in [3.05, 3.63) is 48.0 Å². The number of hydrogen-bond acceptors (Lipinski definition) is 4. The summed E-state index contributed by atoms with van der Waals surface area (Å²) >= 11 is 0. The number of carbonyl (C=O) groups excluding carboxylic acids is 1. The van der Waals surface area contributed by atoms with Crippen LogP contribution in [0.15, 0.2) is 42.5 Å². The lowest BCUT2D eigenvalue weighted by Crippen LogP contribution is -2.18. The van der Waals surface area contributed by atoms with E-state index < -0.39 is 18.2 Å². The van der Waals surface area contributed by atoms with Crippen LogP contribution in [-0.2, 0) is 14.3 Å². The molecule has 4 nitrogen and oxygen atoms in total. The van der Waals surface area contributed by atoms with E-state index in [1.165, 1.54) is 26.4 Å². The normalized spacial score (nSPS) is 14.5. The van der Waals surface area contributed by atoms with Crippen molar-refractivity contribution >= 4 is 5.97 Å². The van der Waals surface area contributed by atoms with E-state index >= 15 is 0 Å². The van der Waals surface area contributed by atoms with Gasteiger partial charge in [0.2, 0.25) is 0 Å². The lowest BCUT2D eigenvalue weighted by molar-refractivity contribution is -0.134. The molecule has 0 saturated heterocycles. The first-order valence-corrected chi connectivity index (χ1v) is 5.21. The third-order valence-electron chi connectivity index (χ3n) is 2.35. The van der Waals surface area contributed by atoms with Crippen molar-refractivity contribution in [2.45, 2.75) is 12.2 Å². The maximum absolute atomic E-state index is 10.9. The van der Waals surface area contributed by atoms with E-state index in [-0.39, 0.29) is 0 Å². The molecule has 92 valence electrons. The number of rotatable bonds is 5. The van der Waals surface area contributed by atoms with Gasteiger partial charge in [-0.1, -0.05) is 30.3 Å². The van der Waals surface area contributed by atoms with Gasteiger partial charge in [0.05, 0.1) is 7.11 Å². The van der Waals surface area contributed by atoms with Crippen LogP contribution in [0.4, 0.5) is 0 Å². The number of esters is 1. The van der Waals surface area contributed by atoms with E-state index in [0.717, 1.165) is 5.56 Å². The lowest BCUT2D eigenvalue weighted by atomic mass is 10.0. The molecule has 0 saturated carbocycles. The Morgan fingerprint density at radius 2 is 1.94 bits per heavy atom. The van der Waals surface area contributed by atoms with Crippen molar-refractivity contribution in [3.63, 3.8) is 0 Å². The first-order chi connectivity index (χ1) is 8.19. The molecule has 0 heterocycles. The minimum absolute atomic E-state index is 0.479. The molecule has 0 spiro atoms. The molecule has 2 atom stereocenters. The van der Waals surface area contributed by atoms with Crippen LogP contribution in [-0.4, -0.2) is 31.4 Å². The largest absolute Gasteiger partial charge is 0.466 e. The fourth-order valence-electron chi connectivity index (χ4n) is 1.39. The molecule has 1 N–H and O–H groups in total. The van der Waals surface area contributed by atoms with Gasteiger partial charge in [0.15, 0.2) is 0 Å². The number of aliphatic hydroxyl groups excluding tert-OH is 1. The first-order valence-electron chi connectivity index (χ1n) is 5.21. The molecule has 1 aromatic carbocycles. The average Bonchev–Trinajstić information content (AvgIpc) is 2.39.